The van der Waals surface area contributed by atoms with E-state index < -0.39 is 14.9 Å². The number of sulfonamides is 1. The van der Waals surface area contributed by atoms with Crippen molar-refractivity contribution >= 4 is 15.7 Å². The van der Waals surface area contributed by atoms with Crippen LogP contribution in [-0.2, 0) is 16.6 Å². The lowest BCUT2D eigenvalue weighted by molar-refractivity contribution is -0.384. The van der Waals surface area contributed by atoms with Gasteiger partial charge in [0.25, 0.3) is 5.69 Å². The Morgan fingerprint density at radius 3 is 2.54 bits per heavy atom. The number of aromatic nitrogens is 2. The molecule has 1 aliphatic heterocycles. The molecule has 140 valence electrons. The highest BCUT2D eigenvalue weighted by Crippen LogP contribution is 2.21. The van der Waals surface area contributed by atoms with E-state index >= 15 is 0 Å². The number of nitrogens with zero attached hydrogens (tertiary/aromatic N) is 4. The monoisotopic (exact) mass is 381 g/mol. The maximum atomic E-state index is 11.3. The zero-order chi connectivity index (χ0) is 18.7. The van der Waals surface area contributed by atoms with Crippen molar-refractivity contribution in [3.05, 3.63) is 40.3 Å². The summed E-state index contributed by atoms with van der Waals surface area (Å²) >= 11 is 0. The van der Waals surface area contributed by atoms with Gasteiger partial charge in [-0.05, 0) is 25.0 Å². The Bertz CT molecular complexity index is 872. The highest BCUT2D eigenvalue weighted by Gasteiger charge is 2.23. The second kappa shape index (κ2) is 7.48. The lowest BCUT2D eigenvalue weighted by atomic mass is 10.1. The summed E-state index contributed by atoms with van der Waals surface area (Å²) in [6.45, 7) is 1.93. The number of hydrogen-bond donors (Lipinski definition) is 1. The zero-order valence-corrected chi connectivity index (χ0v) is 15.0. The van der Waals surface area contributed by atoms with Crippen molar-refractivity contribution in [3.8, 4) is 11.4 Å². The molecule has 2 aromatic rings. The van der Waals surface area contributed by atoms with Crippen LogP contribution in [0.4, 0.5) is 5.69 Å². The van der Waals surface area contributed by atoms with Crippen LogP contribution in [0.5, 0.6) is 0 Å². The normalized spacial score (nSPS) is 16.7. The van der Waals surface area contributed by atoms with Crippen LogP contribution >= 0.6 is 0 Å². The maximum absolute atomic E-state index is 11.3. The summed E-state index contributed by atoms with van der Waals surface area (Å²) in [6.07, 6.45) is 2.60. The highest BCUT2D eigenvalue weighted by molar-refractivity contribution is 7.88. The predicted octanol–water partition coefficient (Wildman–Crippen LogP) is 1.16. The Kier molecular flexibility index (Phi) is 5.30. The number of likely N-dealkylation sites (tertiary alicyclic amines) is 1. The first-order valence-electron chi connectivity index (χ1n) is 8.07. The van der Waals surface area contributed by atoms with Gasteiger partial charge in [0, 0.05) is 36.8 Å². The topological polar surface area (TPSA) is 131 Å². The van der Waals surface area contributed by atoms with Crippen LogP contribution < -0.4 is 4.72 Å². The van der Waals surface area contributed by atoms with Gasteiger partial charge in [-0.1, -0.05) is 5.16 Å². The summed E-state index contributed by atoms with van der Waals surface area (Å²) in [5.41, 5.74) is 0.643. The number of rotatable bonds is 6. The van der Waals surface area contributed by atoms with Crippen molar-refractivity contribution in [1.29, 1.82) is 0 Å². The Balaban J connectivity index is 1.57. The summed E-state index contributed by atoms with van der Waals surface area (Å²) in [4.78, 5) is 16.7. The van der Waals surface area contributed by atoms with Crippen LogP contribution in [0.15, 0.2) is 28.8 Å². The molecule has 1 N–H and O–H groups in total. The van der Waals surface area contributed by atoms with Gasteiger partial charge >= 0.3 is 0 Å². The SMILES string of the molecule is CS(=O)(=O)NC1CCN(Cc2nc(-c3ccc([N+](=O)[O-])cc3)no2)CC1. The average Bonchev–Trinajstić information content (AvgIpc) is 3.04. The van der Waals surface area contributed by atoms with Crippen molar-refractivity contribution in [3.63, 3.8) is 0 Å². The molecule has 0 atom stereocenters. The quantitative estimate of drug-likeness (QED) is 0.582. The minimum Gasteiger partial charge on any atom is -0.338 e. The molecule has 0 amide bonds. The first kappa shape index (κ1) is 18.4. The van der Waals surface area contributed by atoms with Gasteiger partial charge in [-0.25, -0.2) is 13.1 Å². The number of nitro groups is 1. The van der Waals surface area contributed by atoms with E-state index in [1.807, 2.05) is 0 Å². The largest absolute Gasteiger partial charge is 0.338 e. The van der Waals surface area contributed by atoms with Gasteiger partial charge in [-0.3, -0.25) is 15.0 Å². The van der Waals surface area contributed by atoms with Gasteiger partial charge in [-0.2, -0.15) is 4.98 Å². The minimum atomic E-state index is -3.19. The minimum absolute atomic E-state index is 0.00282. The molecular formula is C15H19N5O5S. The fourth-order valence-electron chi connectivity index (χ4n) is 2.87. The van der Waals surface area contributed by atoms with Gasteiger partial charge in [0.05, 0.1) is 17.7 Å². The second-order valence-corrected chi connectivity index (χ2v) is 8.04. The molecule has 0 radical (unpaired) electrons. The first-order chi connectivity index (χ1) is 12.3. The van der Waals surface area contributed by atoms with Crippen LogP contribution in [-0.4, -0.2) is 53.8 Å². The number of benzene rings is 1. The van der Waals surface area contributed by atoms with Gasteiger partial charge in [0.15, 0.2) is 0 Å². The predicted molar refractivity (Wildman–Crippen MR) is 92.7 cm³/mol. The lowest BCUT2D eigenvalue weighted by Crippen LogP contribution is -2.43. The summed E-state index contributed by atoms with van der Waals surface area (Å²) < 4.78 is 30.4. The van der Waals surface area contributed by atoms with E-state index in [1.165, 1.54) is 12.1 Å². The third-order valence-corrected chi connectivity index (χ3v) is 4.89. The van der Waals surface area contributed by atoms with Crippen molar-refractivity contribution in [2.45, 2.75) is 25.4 Å². The number of nitrogens with one attached hydrogen (secondary N) is 1. The van der Waals surface area contributed by atoms with E-state index in [2.05, 4.69) is 19.8 Å². The van der Waals surface area contributed by atoms with Crippen LogP contribution in [0.3, 0.4) is 0 Å². The van der Waals surface area contributed by atoms with Crippen molar-refractivity contribution in [2.24, 2.45) is 0 Å². The fraction of sp³-hybridized carbons (Fsp3) is 0.467. The van der Waals surface area contributed by atoms with Crippen molar-refractivity contribution in [2.75, 3.05) is 19.3 Å². The molecule has 26 heavy (non-hydrogen) atoms. The van der Waals surface area contributed by atoms with E-state index in [9.17, 15) is 18.5 Å². The molecule has 1 fully saturated rings. The van der Waals surface area contributed by atoms with E-state index in [0.717, 1.165) is 32.2 Å². The first-order valence-corrected chi connectivity index (χ1v) is 9.96. The molecule has 3 rings (SSSR count). The molecule has 0 saturated carbocycles. The van der Waals surface area contributed by atoms with Crippen molar-refractivity contribution in [1.82, 2.24) is 19.8 Å². The van der Waals surface area contributed by atoms with Crippen LogP contribution in [0.2, 0.25) is 0 Å². The van der Waals surface area contributed by atoms with Crippen LogP contribution in [0.25, 0.3) is 11.4 Å². The Labute approximate surface area is 150 Å². The van der Waals surface area contributed by atoms with Crippen LogP contribution in [0.1, 0.15) is 18.7 Å². The molecule has 1 aromatic carbocycles. The molecule has 10 nitrogen and oxygen atoms in total. The number of piperidine rings is 1. The molecule has 0 bridgehead atoms. The summed E-state index contributed by atoms with van der Waals surface area (Å²) in [5.74, 6) is 0.830. The van der Waals surface area contributed by atoms with Crippen molar-refractivity contribution < 1.29 is 17.9 Å². The van der Waals surface area contributed by atoms with Gasteiger partial charge in [-0.15, -0.1) is 0 Å². The molecule has 1 saturated heterocycles. The fourth-order valence-corrected chi connectivity index (χ4v) is 3.71. The molecule has 2 heterocycles. The maximum Gasteiger partial charge on any atom is 0.269 e. The molecule has 1 aliphatic rings. The molecule has 0 aliphatic carbocycles. The van der Waals surface area contributed by atoms with Gasteiger partial charge < -0.3 is 4.52 Å². The van der Waals surface area contributed by atoms with E-state index in [4.69, 9.17) is 4.52 Å². The highest BCUT2D eigenvalue weighted by atomic mass is 32.2. The van der Waals surface area contributed by atoms with Gasteiger partial charge in [0.1, 0.15) is 0 Å². The molecule has 11 heteroatoms. The third kappa shape index (κ3) is 4.84. The average molecular weight is 381 g/mol. The van der Waals surface area contributed by atoms with E-state index in [0.29, 0.717) is 23.8 Å². The number of non-ortho nitro benzene ring substituents is 1. The number of nitro benzene ring substituents is 1. The van der Waals surface area contributed by atoms with Gasteiger partial charge in [0.2, 0.25) is 21.7 Å². The number of hydrogen-bond acceptors (Lipinski definition) is 8. The summed E-state index contributed by atoms with van der Waals surface area (Å²) in [5, 5.41) is 14.6. The molecule has 0 spiro atoms. The van der Waals surface area contributed by atoms with E-state index in [-0.39, 0.29) is 11.7 Å². The third-order valence-electron chi connectivity index (χ3n) is 4.13. The smallest absolute Gasteiger partial charge is 0.269 e. The Morgan fingerprint density at radius 2 is 1.96 bits per heavy atom. The Morgan fingerprint density at radius 1 is 1.31 bits per heavy atom. The standard InChI is InChI=1S/C15H19N5O5S/c1-26(23,24)18-12-6-8-19(9-7-12)10-14-16-15(17-25-14)11-2-4-13(5-3-11)20(21)22/h2-5,12,18H,6-10H2,1H3. The Hall–Kier alpha value is -2.37. The van der Waals surface area contributed by atoms with Crippen LogP contribution in [0, 0.1) is 10.1 Å². The van der Waals surface area contributed by atoms with E-state index in [1.54, 1.807) is 12.1 Å². The second-order valence-electron chi connectivity index (χ2n) is 6.26. The molecule has 1 aromatic heterocycles. The molecular weight excluding hydrogens is 362 g/mol. The summed E-state index contributed by atoms with van der Waals surface area (Å²) in [7, 11) is -3.19. The molecule has 0 unspecified atom stereocenters. The summed E-state index contributed by atoms with van der Waals surface area (Å²) in [6, 6.07) is 5.90. The zero-order valence-electron chi connectivity index (χ0n) is 14.2. The lowest BCUT2D eigenvalue weighted by Gasteiger charge is -2.30.